The zero-order chi connectivity index (χ0) is 23.6. The molecular formula is C20H21ClF3N3O5. The monoisotopic (exact) mass is 475 g/mol. The fraction of sp³-hybridized carbons (Fsp3) is 0.350. The van der Waals surface area contributed by atoms with E-state index in [1.165, 1.54) is 6.07 Å². The largest absolute Gasteiger partial charge is 0.484 e. The predicted octanol–water partition coefficient (Wildman–Crippen LogP) is 2.19. The number of ether oxygens (including phenoxy) is 2. The number of rotatable bonds is 11. The molecule has 0 radical (unpaired) electrons. The molecule has 0 spiro atoms. The zero-order valence-corrected chi connectivity index (χ0v) is 17.4. The summed E-state index contributed by atoms with van der Waals surface area (Å²) in [6.07, 6.45) is -5.41. The van der Waals surface area contributed by atoms with Gasteiger partial charge in [0.25, 0.3) is 11.8 Å². The lowest BCUT2D eigenvalue weighted by molar-refractivity contribution is -0.141. The number of aliphatic hydroxyl groups is 1. The lowest BCUT2D eigenvalue weighted by Gasteiger charge is -2.13. The van der Waals surface area contributed by atoms with Crippen LogP contribution < -0.4 is 20.1 Å². The van der Waals surface area contributed by atoms with E-state index in [0.29, 0.717) is 10.8 Å². The molecule has 32 heavy (non-hydrogen) atoms. The molecule has 0 unspecified atom stereocenters. The molecule has 0 aliphatic rings. The van der Waals surface area contributed by atoms with Gasteiger partial charge in [0, 0.05) is 24.2 Å². The van der Waals surface area contributed by atoms with Crippen LogP contribution >= 0.6 is 11.6 Å². The van der Waals surface area contributed by atoms with Crippen molar-refractivity contribution in [3.63, 3.8) is 0 Å². The van der Waals surface area contributed by atoms with Crippen molar-refractivity contribution < 1.29 is 37.3 Å². The van der Waals surface area contributed by atoms with E-state index in [0.717, 1.165) is 12.1 Å². The van der Waals surface area contributed by atoms with E-state index in [4.69, 9.17) is 21.1 Å². The first-order chi connectivity index (χ1) is 15.1. The SMILES string of the molecule is O=C(COc1ccc(Cl)cc1)NC[C@@H](O)CCNC(=O)COc1cccc(C(F)(F)F)n1. The number of aliphatic hydroxyl groups excluding tert-OH is 1. The van der Waals surface area contributed by atoms with E-state index >= 15 is 0 Å². The zero-order valence-electron chi connectivity index (χ0n) is 16.7. The maximum absolute atomic E-state index is 12.6. The smallest absolute Gasteiger partial charge is 0.433 e. The number of aromatic nitrogens is 1. The summed E-state index contributed by atoms with van der Waals surface area (Å²) in [5, 5.41) is 15.3. The minimum absolute atomic E-state index is 0.0522. The van der Waals surface area contributed by atoms with Crippen molar-refractivity contribution in [3.05, 3.63) is 53.2 Å². The Balaban J connectivity index is 1.59. The van der Waals surface area contributed by atoms with Gasteiger partial charge in [-0.1, -0.05) is 17.7 Å². The Hall–Kier alpha value is -3.05. The Morgan fingerprint density at radius 2 is 1.69 bits per heavy atom. The van der Waals surface area contributed by atoms with Crippen molar-refractivity contribution >= 4 is 23.4 Å². The number of nitrogens with one attached hydrogen (secondary N) is 2. The van der Waals surface area contributed by atoms with Crippen LogP contribution in [-0.2, 0) is 15.8 Å². The molecule has 174 valence electrons. The summed E-state index contributed by atoms with van der Waals surface area (Å²) < 4.78 is 48.0. The molecule has 1 aromatic carbocycles. The van der Waals surface area contributed by atoms with Crippen LogP contribution in [0.5, 0.6) is 11.6 Å². The van der Waals surface area contributed by atoms with Crippen LogP contribution in [0.3, 0.4) is 0 Å². The number of nitrogens with zero attached hydrogens (tertiary/aromatic N) is 1. The number of hydrogen-bond acceptors (Lipinski definition) is 6. The quantitative estimate of drug-likeness (QED) is 0.459. The molecular weight excluding hydrogens is 455 g/mol. The minimum Gasteiger partial charge on any atom is -0.484 e. The maximum atomic E-state index is 12.6. The van der Waals surface area contributed by atoms with E-state index in [1.54, 1.807) is 24.3 Å². The average Bonchev–Trinajstić information content (AvgIpc) is 2.75. The van der Waals surface area contributed by atoms with Crippen LogP contribution in [0.25, 0.3) is 0 Å². The van der Waals surface area contributed by atoms with Crippen LogP contribution in [0.4, 0.5) is 13.2 Å². The highest BCUT2D eigenvalue weighted by atomic mass is 35.5. The number of amides is 2. The number of halogens is 4. The summed E-state index contributed by atoms with van der Waals surface area (Å²) >= 11 is 5.75. The molecule has 0 aliphatic heterocycles. The summed E-state index contributed by atoms with van der Waals surface area (Å²) in [6.45, 7) is -0.769. The standard InChI is InChI=1S/C20H21ClF3N3O5/c21-13-4-6-15(7-5-13)31-11-18(30)26-10-14(28)8-9-25-17(29)12-32-19-3-1-2-16(27-19)20(22,23)24/h1-7,14,28H,8-12H2,(H,25,29)(H,26,30)/t14-/m0/s1. The summed E-state index contributed by atoms with van der Waals surface area (Å²) in [5.41, 5.74) is -1.13. The van der Waals surface area contributed by atoms with Crippen LogP contribution in [0.2, 0.25) is 5.02 Å². The number of carbonyl (C=O) groups is 2. The van der Waals surface area contributed by atoms with E-state index in [9.17, 15) is 27.9 Å². The maximum Gasteiger partial charge on any atom is 0.433 e. The first-order valence-electron chi connectivity index (χ1n) is 9.40. The van der Waals surface area contributed by atoms with Crippen LogP contribution in [-0.4, -0.2) is 54.3 Å². The molecule has 2 amide bonds. The van der Waals surface area contributed by atoms with Gasteiger partial charge in [-0.15, -0.1) is 0 Å². The van der Waals surface area contributed by atoms with Gasteiger partial charge in [-0.2, -0.15) is 13.2 Å². The molecule has 0 aliphatic carbocycles. The van der Waals surface area contributed by atoms with Gasteiger partial charge in [0.15, 0.2) is 13.2 Å². The van der Waals surface area contributed by atoms with Crippen molar-refractivity contribution in [3.8, 4) is 11.6 Å². The molecule has 0 saturated carbocycles. The van der Waals surface area contributed by atoms with Gasteiger partial charge in [0.1, 0.15) is 11.4 Å². The van der Waals surface area contributed by atoms with E-state index in [1.807, 2.05) is 0 Å². The highest BCUT2D eigenvalue weighted by Gasteiger charge is 2.32. The van der Waals surface area contributed by atoms with Gasteiger partial charge in [-0.25, -0.2) is 4.98 Å². The third kappa shape index (κ3) is 9.40. The predicted molar refractivity (Wildman–Crippen MR) is 108 cm³/mol. The van der Waals surface area contributed by atoms with Gasteiger partial charge >= 0.3 is 6.18 Å². The molecule has 0 bridgehead atoms. The number of hydrogen-bond donors (Lipinski definition) is 3. The van der Waals surface area contributed by atoms with Crippen molar-refractivity contribution in [1.82, 2.24) is 15.6 Å². The van der Waals surface area contributed by atoms with Gasteiger partial charge in [-0.05, 0) is 36.8 Å². The minimum atomic E-state index is -4.62. The first-order valence-corrected chi connectivity index (χ1v) is 9.78. The van der Waals surface area contributed by atoms with Gasteiger partial charge in [0.05, 0.1) is 6.10 Å². The lowest BCUT2D eigenvalue weighted by Crippen LogP contribution is -2.37. The molecule has 2 rings (SSSR count). The van der Waals surface area contributed by atoms with Crippen molar-refractivity contribution in [2.24, 2.45) is 0 Å². The molecule has 1 atom stereocenters. The summed E-state index contributed by atoms with van der Waals surface area (Å²) in [6, 6.07) is 9.57. The molecule has 0 fully saturated rings. The second-order valence-corrected chi connectivity index (χ2v) is 6.92. The normalized spacial score (nSPS) is 12.0. The lowest BCUT2D eigenvalue weighted by atomic mass is 10.2. The Morgan fingerprint density at radius 3 is 2.38 bits per heavy atom. The summed E-state index contributed by atoms with van der Waals surface area (Å²) in [7, 11) is 0. The molecule has 12 heteroatoms. The highest BCUT2D eigenvalue weighted by Crippen LogP contribution is 2.28. The highest BCUT2D eigenvalue weighted by molar-refractivity contribution is 6.30. The van der Waals surface area contributed by atoms with Gasteiger partial charge < -0.3 is 25.2 Å². The fourth-order valence-corrected chi connectivity index (χ4v) is 2.41. The van der Waals surface area contributed by atoms with Crippen LogP contribution in [0.1, 0.15) is 12.1 Å². The Morgan fingerprint density at radius 1 is 1.03 bits per heavy atom. The third-order valence-electron chi connectivity index (χ3n) is 3.88. The molecule has 8 nitrogen and oxygen atoms in total. The Bertz CT molecular complexity index is 897. The van der Waals surface area contributed by atoms with Crippen LogP contribution in [0.15, 0.2) is 42.5 Å². The number of pyridine rings is 1. The number of alkyl halides is 3. The molecule has 2 aromatic rings. The van der Waals surface area contributed by atoms with E-state index < -0.39 is 36.4 Å². The second kappa shape index (κ2) is 12.1. The van der Waals surface area contributed by atoms with Gasteiger partial charge in [0.2, 0.25) is 5.88 Å². The third-order valence-corrected chi connectivity index (χ3v) is 4.14. The summed E-state index contributed by atoms with van der Waals surface area (Å²) in [5.74, 6) is -0.907. The van der Waals surface area contributed by atoms with E-state index in [-0.39, 0.29) is 32.0 Å². The van der Waals surface area contributed by atoms with Crippen molar-refractivity contribution in [2.45, 2.75) is 18.7 Å². The second-order valence-electron chi connectivity index (χ2n) is 6.49. The fourth-order valence-electron chi connectivity index (χ4n) is 2.29. The first kappa shape index (κ1) is 25.2. The molecule has 1 heterocycles. The molecule has 0 saturated heterocycles. The van der Waals surface area contributed by atoms with Crippen molar-refractivity contribution in [2.75, 3.05) is 26.3 Å². The summed E-state index contributed by atoms with van der Waals surface area (Å²) in [4.78, 5) is 26.7. The molecule has 3 N–H and O–H groups in total. The number of carbonyl (C=O) groups excluding carboxylic acids is 2. The topological polar surface area (TPSA) is 110 Å². The average molecular weight is 476 g/mol. The Labute approximate surface area is 186 Å². The van der Waals surface area contributed by atoms with Gasteiger partial charge in [-0.3, -0.25) is 9.59 Å². The van der Waals surface area contributed by atoms with Crippen LogP contribution in [0, 0.1) is 0 Å². The number of benzene rings is 1. The Kier molecular flexibility index (Phi) is 9.54. The van der Waals surface area contributed by atoms with E-state index in [2.05, 4.69) is 15.6 Å². The molecule has 1 aromatic heterocycles. The van der Waals surface area contributed by atoms with Crippen molar-refractivity contribution in [1.29, 1.82) is 0 Å².